The molecular formula is C11H15N3O5. The molecule has 0 saturated heterocycles. The van der Waals surface area contributed by atoms with Gasteiger partial charge in [-0.05, 0) is 13.3 Å². The maximum Gasteiger partial charge on any atom is 0.328 e. The molecule has 3 N–H and O–H groups in total. The first kappa shape index (κ1) is 14.7. The van der Waals surface area contributed by atoms with Crippen molar-refractivity contribution in [2.75, 3.05) is 0 Å². The molecule has 1 aromatic rings. The first-order valence-corrected chi connectivity index (χ1v) is 5.69. The lowest BCUT2D eigenvalue weighted by Crippen LogP contribution is -2.39. The van der Waals surface area contributed by atoms with Gasteiger partial charge in [0.2, 0.25) is 5.91 Å². The van der Waals surface area contributed by atoms with Gasteiger partial charge in [0.15, 0.2) is 0 Å². The number of amides is 1. The zero-order valence-corrected chi connectivity index (χ0v) is 10.4. The van der Waals surface area contributed by atoms with Crippen LogP contribution in [0.4, 0.5) is 0 Å². The summed E-state index contributed by atoms with van der Waals surface area (Å²) < 4.78 is 1.06. The number of H-pyrrole nitrogens is 1. The Bertz CT molecular complexity index is 574. The fraction of sp³-hybridized carbons (Fsp3) is 0.455. The Balaban J connectivity index is 2.53. The zero-order valence-electron chi connectivity index (χ0n) is 10.4. The number of nitrogens with zero attached hydrogens (tertiary/aromatic N) is 1. The number of aromatic amines is 1. The Hall–Kier alpha value is -2.38. The van der Waals surface area contributed by atoms with E-state index in [1.807, 2.05) is 4.98 Å². The summed E-state index contributed by atoms with van der Waals surface area (Å²) in [6.45, 7) is 1.45. The molecule has 1 atom stereocenters. The number of aliphatic carboxylic acids is 1. The lowest BCUT2D eigenvalue weighted by molar-refractivity contribution is -0.137. The fourth-order valence-electron chi connectivity index (χ4n) is 1.46. The van der Waals surface area contributed by atoms with Crippen LogP contribution in [0.25, 0.3) is 0 Å². The van der Waals surface area contributed by atoms with E-state index < -0.39 is 23.1 Å². The van der Waals surface area contributed by atoms with Gasteiger partial charge in [0.25, 0.3) is 5.56 Å². The number of carbonyl (C=O) groups is 2. The van der Waals surface area contributed by atoms with Crippen LogP contribution < -0.4 is 16.6 Å². The van der Waals surface area contributed by atoms with Crippen molar-refractivity contribution in [1.29, 1.82) is 0 Å². The van der Waals surface area contributed by atoms with E-state index in [9.17, 15) is 19.2 Å². The van der Waals surface area contributed by atoms with E-state index in [1.54, 1.807) is 6.92 Å². The van der Waals surface area contributed by atoms with Crippen LogP contribution in [-0.2, 0) is 16.1 Å². The second-order valence-electron chi connectivity index (χ2n) is 4.14. The average Bonchev–Trinajstić information content (AvgIpc) is 2.30. The largest absolute Gasteiger partial charge is 0.481 e. The lowest BCUT2D eigenvalue weighted by Gasteiger charge is -2.13. The van der Waals surface area contributed by atoms with E-state index in [2.05, 4.69) is 5.32 Å². The van der Waals surface area contributed by atoms with E-state index in [4.69, 9.17) is 5.11 Å². The predicted molar refractivity (Wildman–Crippen MR) is 65.8 cm³/mol. The van der Waals surface area contributed by atoms with Crippen molar-refractivity contribution in [3.8, 4) is 0 Å². The van der Waals surface area contributed by atoms with Gasteiger partial charge < -0.3 is 10.4 Å². The molecule has 8 nitrogen and oxygen atoms in total. The molecule has 1 rings (SSSR count). The van der Waals surface area contributed by atoms with Crippen LogP contribution >= 0.6 is 0 Å². The number of aromatic nitrogens is 2. The molecule has 0 fully saturated rings. The maximum absolute atomic E-state index is 11.6. The number of hydrogen-bond acceptors (Lipinski definition) is 4. The molecule has 1 unspecified atom stereocenters. The van der Waals surface area contributed by atoms with Crippen LogP contribution in [0.1, 0.15) is 19.8 Å². The van der Waals surface area contributed by atoms with Crippen LogP contribution in [0, 0.1) is 0 Å². The van der Waals surface area contributed by atoms with Crippen LogP contribution in [-0.4, -0.2) is 32.6 Å². The number of nitrogens with one attached hydrogen (secondary N) is 2. The monoisotopic (exact) mass is 269 g/mol. The maximum atomic E-state index is 11.6. The molecule has 0 bridgehead atoms. The van der Waals surface area contributed by atoms with Gasteiger partial charge in [-0.3, -0.25) is 23.9 Å². The first-order chi connectivity index (χ1) is 8.88. The Morgan fingerprint density at radius 1 is 1.47 bits per heavy atom. The van der Waals surface area contributed by atoms with Gasteiger partial charge in [-0.15, -0.1) is 0 Å². The fourth-order valence-corrected chi connectivity index (χ4v) is 1.46. The summed E-state index contributed by atoms with van der Waals surface area (Å²) in [7, 11) is 0. The summed E-state index contributed by atoms with van der Waals surface area (Å²) in [6, 6.07) is 0.838. The number of carboxylic acids is 1. The van der Waals surface area contributed by atoms with E-state index >= 15 is 0 Å². The van der Waals surface area contributed by atoms with Gasteiger partial charge in [0, 0.05) is 24.7 Å². The number of carbonyl (C=O) groups excluding carboxylic acids is 1. The molecule has 0 aliphatic carbocycles. The molecule has 0 aromatic carbocycles. The summed E-state index contributed by atoms with van der Waals surface area (Å²) >= 11 is 0. The summed E-state index contributed by atoms with van der Waals surface area (Å²) in [4.78, 5) is 46.1. The predicted octanol–water partition coefficient (Wildman–Crippen LogP) is -1.09. The third-order valence-corrected chi connectivity index (χ3v) is 2.41. The lowest BCUT2D eigenvalue weighted by atomic mass is 10.2. The second kappa shape index (κ2) is 6.53. The molecule has 0 spiro atoms. The highest BCUT2D eigenvalue weighted by molar-refractivity contribution is 5.76. The Morgan fingerprint density at radius 3 is 2.74 bits per heavy atom. The molecule has 1 amide bonds. The highest BCUT2D eigenvalue weighted by Gasteiger charge is 2.10. The van der Waals surface area contributed by atoms with Crippen molar-refractivity contribution in [3.05, 3.63) is 33.1 Å². The summed E-state index contributed by atoms with van der Waals surface area (Å²) in [5.41, 5.74) is -1.20. The van der Waals surface area contributed by atoms with Gasteiger partial charge in [-0.25, -0.2) is 4.79 Å². The van der Waals surface area contributed by atoms with E-state index in [1.165, 1.54) is 6.20 Å². The van der Waals surface area contributed by atoms with Crippen molar-refractivity contribution in [1.82, 2.24) is 14.9 Å². The zero-order chi connectivity index (χ0) is 14.4. The summed E-state index contributed by atoms with van der Waals surface area (Å²) in [5, 5.41) is 11.1. The van der Waals surface area contributed by atoms with Gasteiger partial charge in [-0.1, -0.05) is 0 Å². The van der Waals surface area contributed by atoms with Gasteiger partial charge in [0.1, 0.15) is 6.54 Å². The summed E-state index contributed by atoms with van der Waals surface area (Å²) in [5.74, 6) is -1.36. The smallest absolute Gasteiger partial charge is 0.328 e. The highest BCUT2D eigenvalue weighted by Crippen LogP contribution is 1.96. The van der Waals surface area contributed by atoms with Gasteiger partial charge in [0.05, 0.1) is 0 Å². The van der Waals surface area contributed by atoms with Crippen LogP contribution in [0.2, 0.25) is 0 Å². The Labute approximate surface area is 108 Å². The van der Waals surface area contributed by atoms with E-state index in [0.717, 1.165) is 10.6 Å². The van der Waals surface area contributed by atoms with Crippen molar-refractivity contribution >= 4 is 11.9 Å². The molecule has 1 heterocycles. The molecule has 0 saturated carbocycles. The molecular weight excluding hydrogens is 254 g/mol. The molecule has 0 radical (unpaired) electrons. The normalized spacial score (nSPS) is 11.8. The number of rotatable bonds is 6. The molecule has 0 aliphatic rings. The Morgan fingerprint density at radius 2 is 2.16 bits per heavy atom. The number of hydrogen-bond donors (Lipinski definition) is 3. The minimum atomic E-state index is -0.932. The van der Waals surface area contributed by atoms with Crippen LogP contribution in [0.5, 0.6) is 0 Å². The van der Waals surface area contributed by atoms with Crippen molar-refractivity contribution in [2.24, 2.45) is 0 Å². The van der Waals surface area contributed by atoms with Crippen molar-refractivity contribution in [2.45, 2.75) is 32.4 Å². The third kappa shape index (κ3) is 5.19. The van der Waals surface area contributed by atoms with E-state index in [-0.39, 0.29) is 19.0 Å². The van der Waals surface area contributed by atoms with Crippen LogP contribution in [0.15, 0.2) is 21.9 Å². The standard InChI is InChI=1S/C11H15N3O5/c1-7(2-3-10(17)18)12-9(16)6-14-5-4-8(15)13-11(14)19/h4-5,7H,2-3,6H2,1H3,(H,12,16)(H,17,18)(H,13,15,19). The minimum absolute atomic E-state index is 0.0416. The highest BCUT2D eigenvalue weighted by atomic mass is 16.4. The van der Waals surface area contributed by atoms with Crippen molar-refractivity contribution in [3.63, 3.8) is 0 Å². The third-order valence-electron chi connectivity index (χ3n) is 2.41. The quantitative estimate of drug-likeness (QED) is 0.605. The van der Waals surface area contributed by atoms with E-state index in [0.29, 0.717) is 6.42 Å². The first-order valence-electron chi connectivity index (χ1n) is 5.69. The minimum Gasteiger partial charge on any atom is -0.481 e. The SMILES string of the molecule is CC(CCC(=O)O)NC(=O)Cn1ccc(=O)[nH]c1=O. The molecule has 104 valence electrons. The molecule has 1 aromatic heterocycles. The summed E-state index contributed by atoms with van der Waals surface area (Å²) in [6.07, 6.45) is 1.49. The Kier molecular flexibility index (Phi) is 5.04. The van der Waals surface area contributed by atoms with Gasteiger partial charge in [-0.2, -0.15) is 0 Å². The molecule has 8 heteroatoms. The second-order valence-corrected chi connectivity index (χ2v) is 4.14. The topological polar surface area (TPSA) is 121 Å². The number of carboxylic acid groups (broad SMARTS) is 1. The average molecular weight is 269 g/mol. The molecule has 0 aliphatic heterocycles. The molecule has 19 heavy (non-hydrogen) atoms. The van der Waals surface area contributed by atoms with Crippen molar-refractivity contribution < 1.29 is 14.7 Å². The van der Waals surface area contributed by atoms with Gasteiger partial charge >= 0.3 is 11.7 Å². The van der Waals surface area contributed by atoms with Crippen LogP contribution in [0.3, 0.4) is 0 Å².